The Morgan fingerprint density at radius 3 is 2.65 bits per heavy atom. The first-order chi connectivity index (χ1) is 14.9. The molecule has 0 bridgehead atoms. The Morgan fingerprint density at radius 2 is 1.94 bits per heavy atom. The summed E-state index contributed by atoms with van der Waals surface area (Å²) in [6.07, 6.45) is 0. The highest BCUT2D eigenvalue weighted by Crippen LogP contribution is 2.29. The average Bonchev–Trinajstić information content (AvgIpc) is 3.32. The van der Waals surface area contributed by atoms with E-state index < -0.39 is 0 Å². The van der Waals surface area contributed by atoms with Crippen molar-refractivity contribution in [3.63, 3.8) is 0 Å². The van der Waals surface area contributed by atoms with E-state index in [0.29, 0.717) is 17.9 Å². The summed E-state index contributed by atoms with van der Waals surface area (Å²) in [7, 11) is 0. The number of anilines is 1. The maximum atomic E-state index is 12.5. The Hall–Kier alpha value is -3.37. The topological polar surface area (TPSA) is 93.4 Å². The van der Waals surface area contributed by atoms with Crippen LogP contribution >= 0.6 is 23.6 Å². The highest BCUT2D eigenvalue weighted by Gasteiger charge is 2.13. The number of benzene rings is 2. The molecule has 0 aliphatic carbocycles. The van der Waals surface area contributed by atoms with Crippen LogP contribution in [-0.4, -0.2) is 37.4 Å². The number of thiocarbonyl (C=S) groups is 1. The maximum absolute atomic E-state index is 12.5. The van der Waals surface area contributed by atoms with Crippen molar-refractivity contribution in [3.8, 4) is 16.3 Å². The second-order valence-corrected chi connectivity index (χ2v) is 8.11. The van der Waals surface area contributed by atoms with Gasteiger partial charge in [-0.05, 0) is 68.9 Å². The van der Waals surface area contributed by atoms with Gasteiger partial charge in [0.15, 0.2) is 10.9 Å². The van der Waals surface area contributed by atoms with E-state index in [4.69, 9.17) is 17.0 Å². The molecule has 1 amide bonds. The molecule has 31 heavy (non-hydrogen) atoms. The number of carbonyl (C=O) groups excluding carboxylic acids is 1. The van der Waals surface area contributed by atoms with Gasteiger partial charge in [-0.1, -0.05) is 23.5 Å². The molecule has 4 rings (SSSR count). The van der Waals surface area contributed by atoms with Crippen LogP contribution in [0.3, 0.4) is 0 Å². The van der Waals surface area contributed by atoms with Gasteiger partial charge in [0.05, 0.1) is 6.61 Å². The van der Waals surface area contributed by atoms with E-state index in [1.165, 1.54) is 11.3 Å². The monoisotopic (exact) mass is 452 g/mol. The van der Waals surface area contributed by atoms with E-state index in [1.807, 2.05) is 39.0 Å². The second kappa shape index (κ2) is 8.78. The molecule has 0 fully saturated rings. The van der Waals surface area contributed by atoms with Crippen molar-refractivity contribution in [2.45, 2.75) is 20.8 Å². The average molecular weight is 453 g/mol. The van der Waals surface area contributed by atoms with Gasteiger partial charge in [0.2, 0.25) is 4.96 Å². The number of amides is 1. The number of hydrogen-bond acceptors (Lipinski definition) is 7. The highest BCUT2D eigenvalue weighted by molar-refractivity contribution is 7.80. The van der Waals surface area contributed by atoms with Gasteiger partial charge >= 0.3 is 0 Å². The van der Waals surface area contributed by atoms with Crippen molar-refractivity contribution in [1.82, 2.24) is 25.1 Å². The van der Waals surface area contributed by atoms with E-state index in [1.54, 1.807) is 28.8 Å². The summed E-state index contributed by atoms with van der Waals surface area (Å²) < 4.78 is 7.12. The lowest BCUT2D eigenvalue weighted by Crippen LogP contribution is -2.34. The van der Waals surface area contributed by atoms with Crippen molar-refractivity contribution < 1.29 is 9.53 Å². The molecule has 0 saturated heterocycles. The molecule has 0 spiro atoms. The molecule has 0 atom stereocenters. The molecule has 4 aromatic rings. The lowest BCUT2D eigenvalue weighted by molar-refractivity contribution is 0.0977. The first-order valence-corrected chi connectivity index (χ1v) is 10.8. The summed E-state index contributed by atoms with van der Waals surface area (Å²) >= 11 is 6.81. The first kappa shape index (κ1) is 20.9. The van der Waals surface area contributed by atoms with Crippen molar-refractivity contribution in [2.75, 3.05) is 11.9 Å². The van der Waals surface area contributed by atoms with E-state index in [0.717, 1.165) is 32.6 Å². The van der Waals surface area contributed by atoms with Crippen LogP contribution in [0.5, 0.6) is 5.75 Å². The van der Waals surface area contributed by atoms with Crippen molar-refractivity contribution >= 4 is 45.2 Å². The molecule has 0 aliphatic heterocycles. The first-order valence-electron chi connectivity index (χ1n) is 9.59. The van der Waals surface area contributed by atoms with Gasteiger partial charge in [-0.15, -0.1) is 10.2 Å². The minimum Gasteiger partial charge on any atom is -0.494 e. The summed E-state index contributed by atoms with van der Waals surface area (Å²) in [4.78, 5) is 13.2. The zero-order chi connectivity index (χ0) is 22.0. The number of carbonyl (C=O) groups is 1. The van der Waals surface area contributed by atoms with Gasteiger partial charge in [0.25, 0.3) is 5.91 Å². The van der Waals surface area contributed by atoms with Gasteiger partial charge in [0, 0.05) is 16.8 Å². The lowest BCUT2D eigenvalue weighted by atomic mass is 10.1. The molecular formula is C21H20N6O2S2. The predicted octanol–water partition coefficient (Wildman–Crippen LogP) is 4.00. The zero-order valence-electron chi connectivity index (χ0n) is 17.2. The largest absolute Gasteiger partial charge is 0.494 e. The van der Waals surface area contributed by atoms with Crippen molar-refractivity contribution in [1.29, 1.82) is 0 Å². The van der Waals surface area contributed by atoms with Crippen LogP contribution in [0, 0.1) is 13.8 Å². The molecule has 2 aromatic carbocycles. The predicted molar refractivity (Wildman–Crippen MR) is 125 cm³/mol. The number of hydrogen-bond donors (Lipinski definition) is 2. The second-order valence-electron chi connectivity index (χ2n) is 6.74. The van der Waals surface area contributed by atoms with Gasteiger partial charge in [-0.25, -0.2) is 0 Å². The van der Waals surface area contributed by atoms with Crippen LogP contribution in [-0.2, 0) is 0 Å². The fraction of sp³-hybridized carbons (Fsp3) is 0.190. The van der Waals surface area contributed by atoms with E-state index in [2.05, 4.69) is 25.9 Å². The highest BCUT2D eigenvalue weighted by atomic mass is 32.1. The minimum atomic E-state index is -0.293. The van der Waals surface area contributed by atoms with Crippen LogP contribution in [0.1, 0.15) is 28.7 Å². The molecule has 8 nitrogen and oxygen atoms in total. The molecule has 0 saturated carbocycles. The van der Waals surface area contributed by atoms with Crippen LogP contribution in [0.15, 0.2) is 42.5 Å². The smallest absolute Gasteiger partial charge is 0.257 e. The van der Waals surface area contributed by atoms with Gasteiger partial charge in [-0.2, -0.15) is 9.61 Å². The summed E-state index contributed by atoms with van der Waals surface area (Å²) in [6.45, 7) is 6.30. The molecule has 10 heteroatoms. The standard InChI is InChI=1S/C21H20N6O2S2/c1-4-29-16-9-7-14(8-10-16)18(28)23-20(30)22-17-11-15(6-5-12(17)2)19-26-27-13(3)24-25-21(27)31-19/h5-11H,4H2,1-3H3,(H2,22,23,28,30). The number of ether oxygens (including phenoxy) is 1. The van der Waals surface area contributed by atoms with Crippen LogP contribution in [0.2, 0.25) is 0 Å². The van der Waals surface area contributed by atoms with Gasteiger partial charge in [0.1, 0.15) is 10.8 Å². The molecule has 0 radical (unpaired) electrons. The third kappa shape index (κ3) is 4.54. The Labute approximate surface area is 188 Å². The summed E-state index contributed by atoms with van der Waals surface area (Å²) in [5, 5.41) is 19.5. The molecule has 2 N–H and O–H groups in total. The number of aromatic nitrogens is 4. The summed E-state index contributed by atoms with van der Waals surface area (Å²) in [6, 6.07) is 12.8. The Kier molecular flexibility index (Phi) is 5.92. The zero-order valence-corrected chi connectivity index (χ0v) is 18.8. The quantitative estimate of drug-likeness (QED) is 0.442. The van der Waals surface area contributed by atoms with Gasteiger partial charge < -0.3 is 10.1 Å². The minimum absolute atomic E-state index is 0.216. The third-order valence-corrected chi connectivity index (χ3v) is 5.69. The molecule has 2 heterocycles. The third-order valence-electron chi connectivity index (χ3n) is 4.53. The van der Waals surface area contributed by atoms with Crippen LogP contribution < -0.4 is 15.4 Å². The number of aryl methyl sites for hydroxylation is 2. The normalized spacial score (nSPS) is 10.8. The fourth-order valence-electron chi connectivity index (χ4n) is 2.92. The number of nitrogens with one attached hydrogen (secondary N) is 2. The SMILES string of the molecule is CCOc1ccc(C(=O)NC(=S)Nc2cc(-c3nn4c(C)nnc4s3)ccc2C)cc1. The number of rotatable bonds is 5. The summed E-state index contributed by atoms with van der Waals surface area (Å²) in [5.74, 6) is 1.16. The number of fused-ring (bicyclic) bond motifs is 1. The molecule has 2 aromatic heterocycles. The number of nitrogens with zero attached hydrogens (tertiary/aromatic N) is 4. The summed E-state index contributed by atoms with van der Waals surface area (Å²) in [5.41, 5.74) is 3.19. The van der Waals surface area contributed by atoms with Crippen molar-refractivity contribution in [2.24, 2.45) is 0 Å². The molecule has 158 valence electrons. The molecular weight excluding hydrogens is 432 g/mol. The van der Waals surface area contributed by atoms with E-state index >= 15 is 0 Å². The van der Waals surface area contributed by atoms with E-state index in [-0.39, 0.29) is 11.0 Å². The molecule has 0 unspecified atom stereocenters. The molecule has 0 aliphatic rings. The van der Waals surface area contributed by atoms with E-state index in [9.17, 15) is 4.79 Å². The fourth-order valence-corrected chi connectivity index (χ4v) is 4.00. The van der Waals surface area contributed by atoms with Crippen LogP contribution in [0.4, 0.5) is 5.69 Å². The van der Waals surface area contributed by atoms with Crippen molar-refractivity contribution in [3.05, 3.63) is 59.4 Å². The maximum Gasteiger partial charge on any atom is 0.257 e. The van der Waals surface area contributed by atoms with Gasteiger partial charge in [-0.3, -0.25) is 10.1 Å². The lowest BCUT2D eigenvalue weighted by Gasteiger charge is -2.13. The Bertz CT molecular complexity index is 1260. The van der Waals surface area contributed by atoms with Crippen LogP contribution in [0.25, 0.3) is 15.5 Å². The Morgan fingerprint density at radius 1 is 1.16 bits per heavy atom. The Balaban J connectivity index is 1.47.